The minimum Gasteiger partial charge on any atom is -0.327 e. The highest BCUT2D eigenvalue weighted by atomic mass is 79.9. The van der Waals surface area contributed by atoms with Gasteiger partial charge >= 0.3 is 6.18 Å². The zero-order chi connectivity index (χ0) is 13.1. The van der Waals surface area contributed by atoms with Gasteiger partial charge in [0.25, 0.3) is 0 Å². The molecule has 0 spiro atoms. The van der Waals surface area contributed by atoms with E-state index in [2.05, 4.69) is 15.9 Å². The van der Waals surface area contributed by atoms with Gasteiger partial charge in [0.15, 0.2) is 0 Å². The van der Waals surface area contributed by atoms with Gasteiger partial charge in [-0.15, -0.1) is 0 Å². The first-order valence-corrected chi connectivity index (χ1v) is 5.83. The summed E-state index contributed by atoms with van der Waals surface area (Å²) in [4.78, 5) is 0. The first kappa shape index (κ1) is 14.4. The zero-order valence-corrected chi connectivity index (χ0v) is 10.5. The van der Waals surface area contributed by atoms with Gasteiger partial charge in [0.1, 0.15) is 5.82 Å². The lowest BCUT2D eigenvalue weighted by Gasteiger charge is -2.14. The van der Waals surface area contributed by atoms with Gasteiger partial charge < -0.3 is 5.73 Å². The van der Waals surface area contributed by atoms with Crippen LogP contribution in [-0.4, -0.2) is 12.2 Å². The van der Waals surface area contributed by atoms with E-state index < -0.39 is 24.5 Å². The Morgan fingerprint density at radius 1 is 1.29 bits per heavy atom. The van der Waals surface area contributed by atoms with E-state index in [9.17, 15) is 17.6 Å². The Hall–Kier alpha value is -0.620. The van der Waals surface area contributed by atoms with Gasteiger partial charge in [0, 0.05) is 16.9 Å². The van der Waals surface area contributed by atoms with Crippen molar-refractivity contribution in [1.82, 2.24) is 0 Å². The Morgan fingerprint density at radius 3 is 2.47 bits per heavy atom. The smallest absolute Gasteiger partial charge is 0.327 e. The molecule has 0 radical (unpaired) electrons. The second kappa shape index (κ2) is 5.82. The predicted octanol–water partition coefficient (Wildman–Crippen LogP) is 3.80. The van der Waals surface area contributed by atoms with E-state index in [1.165, 1.54) is 18.2 Å². The van der Waals surface area contributed by atoms with Crippen molar-refractivity contribution in [1.29, 1.82) is 0 Å². The first-order chi connectivity index (χ1) is 7.78. The predicted molar refractivity (Wildman–Crippen MR) is 61.1 cm³/mol. The molecule has 1 aromatic carbocycles. The molecule has 0 bridgehead atoms. The lowest BCUT2D eigenvalue weighted by molar-refractivity contribution is -0.136. The molecule has 0 aliphatic heterocycles. The molecule has 0 heterocycles. The Balaban J connectivity index is 2.53. The fraction of sp³-hybridized carbons (Fsp3) is 0.455. The molecule has 17 heavy (non-hydrogen) atoms. The van der Waals surface area contributed by atoms with Crippen LogP contribution in [0.5, 0.6) is 0 Å². The van der Waals surface area contributed by atoms with Crippen LogP contribution in [0.15, 0.2) is 22.7 Å². The summed E-state index contributed by atoms with van der Waals surface area (Å²) >= 11 is 3.15. The van der Waals surface area contributed by atoms with Gasteiger partial charge in [-0.3, -0.25) is 0 Å². The molecule has 0 aliphatic rings. The number of rotatable bonds is 4. The SMILES string of the molecule is NC(CCC(F)(F)F)Cc1ccc(F)cc1Br. The lowest BCUT2D eigenvalue weighted by Crippen LogP contribution is -2.25. The molecule has 0 fully saturated rings. The van der Waals surface area contributed by atoms with Crippen LogP contribution in [-0.2, 0) is 6.42 Å². The normalized spacial score (nSPS) is 13.8. The van der Waals surface area contributed by atoms with Crippen molar-refractivity contribution in [3.63, 3.8) is 0 Å². The maximum Gasteiger partial charge on any atom is 0.389 e. The zero-order valence-electron chi connectivity index (χ0n) is 8.90. The Morgan fingerprint density at radius 2 is 1.94 bits per heavy atom. The largest absolute Gasteiger partial charge is 0.389 e. The summed E-state index contributed by atoms with van der Waals surface area (Å²) in [6.45, 7) is 0. The maximum absolute atomic E-state index is 12.8. The number of alkyl halides is 3. The summed E-state index contributed by atoms with van der Waals surface area (Å²) in [7, 11) is 0. The molecule has 1 unspecified atom stereocenters. The quantitative estimate of drug-likeness (QED) is 0.841. The summed E-state index contributed by atoms with van der Waals surface area (Å²) in [5, 5.41) is 0. The maximum atomic E-state index is 12.8. The summed E-state index contributed by atoms with van der Waals surface area (Å²) in [5.74, 6) is -0.399. The fourth-order valence-corrected chi connectivity index (χ4v) is 1.93. The topological polar surface area (TPSA) is 26.0 Å². The second-order valence-electron chi connectivity index (χ2n) is 3.85. The minimum absolute atomic E-state index is 0.132. The van der Waals surface area contributed by atoms with Crippen LogP contribution in [0.1, 0.15) is 18.4 Å². The molecule has 1 rings (SSSR count). The number of halogens is 5. The summed E-state index contributed by atoms with van der Waals surface area (Å²) in [5.41, 5.74) is 6.31. The molecule has 0 amide bonds. The molecule has 0 saturated carbocycles. The van der Waals surface area contributed by atoms with Crippen LogP contribution in [0, 0.1) is 5.82 Å². The number of nitrogens with two attached hydrogens (primary N) is 1. The molecular weight excluding hydrogens is 302 g/mol. The molecule has 1 atom stereocenters. The van der Waals surface area contributed by atoms with E-state index in [0.29, 0.717) is 10.0 Å². The van der Waals surface area contributed by atoms with Gasteiger partial charge in [-0.25, -0.2) is 4.39 Å². The van der Waals surface area contributed by atoms with E-state index in [4.69, 9.17) is 5.73 Å². The van der Waals surface area contributed by atoms with Crippen molar-refractivity contribution in [3.8, 4) is 0 Å². The second-order valence-corrected chi connectivity index (χ2v) is 4.71. The molecular formula is C11H12BrF4N. The van der Waals surface area contributed by atoms with Crippen LogP contribution in [0.3, 0.4) is 0 Å². The lowest BCUT2D eigenvalue weighted by atomic mass is 10.0. The van der Waals surface area contributed by atoms with Crippen LogP contribution in [0.2, 0.25) is 0 Å². The molecule has 6 heteroatoms. The molecule has 0 aromatic heterocycles. The van der Waals surface area contributed by atoms with Gasteiger partial charge in [-0.2, -0.15) is 13.2 Å². The van der Waals surface area contributed by atoms with E-state index in [0.717, 1.165) is 0 Å². The summed E-state index contributed by atoms with van der Waals surface area (Å²) < 4.78 is 49.2. The molecule has 1 aromatic rings. The van der Waals surface area contributed by atoms with Gasteiger partial charge in [0.2, 0.25) is 0 Å². The van der Waals surface area contributed by atoms with Crippen LogP contribution < -0.4 is 5.73 Å². The highest BCUT2D eigenvalue weighted by Crippen LogP contribution is 2.24. The molecule has 0 aliphatic carbocycles. The van der Waals surface area contributed by atoms with Crippen LogP contribution >= 0.6 is 15.9 Å². The van der Waals surface area contributed by atoms with Crippen molar-refractivity contribution < 1.29 is 17.6 Å². The minimum atomic E-state index is -4.18. The third-order valence-corrected chi connectivity index (χ3v) is 3.03. The van der Waals surface area contributed by atoms with Gasteiger partial charge in [-0.05, 0) is 30.5 Å². The fourth-order valence-electron chi connectivity index (χ4n) is 1.42. The van der Waals surface area contributed by atoms with E-state index in [-0.39, 0.29) is 12.8 Å². The van der Waals surface area contributed by atoms with Crippen molar-refractivity contribution in [3.05, 3.63) is 34.1 Å². The monoisotopic (exact) mass is 313 g/mol. The van der Waals surface area contributed by atoms with E-state index in [1.807, 2.05) is 0 Å². The molecule has 1 nitrogen and oxygen atoms in total. The van der Waals surface area contributed by atoms with Crippen molar-refractivity contribution >= 4 is 15.9 Å². The Labute approximate surface area is 105 Å². The van der Waals surface area contributed by atoms with Crippen molar-refractivity contribution in [2.24, 2.45) is 5.73 Å². The van der Waals surface area contributed by atoms with Gasteiger partial charge in [-0.1, -0.05) is 22.0 Å². The van der Waals surface area contributed by atoms with E-state index >= 15 is 0 Å². The third-order valence-electron chi connectivity index (χ3n) is 2.30. The van der Waals surface area contributed by atoms with Crippen LogP contribution in [0.25, 0.3) is 0 Å². The average Bonchev–Trinajstić information content (AvgIpc) is 2.18. The molecule has 0 saturated heterocycles. The Bertz CT molecular complexity index is 378. The summed E-state index contributed by atoms with van der Waals surface area (Å²) in [6, 6.07) is 3.47. The van der Waals surface area contributed by atoms with Crippen LogP contribution in [0.4, 0.5) is 17.6 Å². The highest BCUT2D eigenvalue weighted by molar-refractivity contribution is 9.10. The number of benzene rings is 1. The average molecular weight is 314 g/mol. The summed E-state index contributed by atoms with van der Waals surface area (Å²) in [6.07, 6.45) is -4.92. The van der Waals surface area contributed by atoms with E-state index in [1.54, 1.807) is 0 Å². The van der Waals surface area contributed by atoms with Gasteiger partial charge in [0.05, 0.1) is 0 Å². The number of hydrogen-bond donors (Lipinski definition) is 1. The third kappa shape index (κ3) is 5.50. The number of hydrogen-bond acceptors (Lipinski definition) is 1. The first-order valence-electron chi connectivity index (χ1n) is 5.04. The molecule has 96 valence electrons. The molecule has 2 N–H and O–H groups in total. The Kier molecular flexibility index (Phi) is 4.94. The van der Waals surface area contributed by atoms with Crippen molar-refractivity contribution in [2.45, 2.75) is 31.5 Å². The highest BCUT2D eigenvalue weighted by Gasteiger charge is 2.27. The standard InChI is InChI=1S/C11H12BrF4N/c12-10-6-8(13)2-1-7(10)5-9(17)3-4-11(14,15)16/h1-2,6,9H,3-5,17H2. The van der Waals surface area contributed by atoms with Crippen molar-refractivity contribution in [2.75, 3.05) is 0 Å².